The summed E-state index contributed by atoms with van der Waals surface area (Å²) in [5, 5.41) is 13.5. The van der Waals surface area contributed by atoms with E-state index in [2.05, 4.69) is 42.4 Å². The van der Waals surface area contributed by atoms with Crippen LogP contribution in [0.15, 0.2) is 50.4 Å². The molecule has 114 valence electrons. The number of hydrazone groups is 1. The van der Waals surface area contributed by atoms with Gasteiger partial charge >= 0.3 is 0 Å². The summed E-state index contributed by atoms with van der Waals surface area (Å²) < 4.78 is 1.10. The van der Waals surface area contributed by atoms with Crippen LogP contribution in [0, 0.1) is 6.92 Å². The van der Waals surface area contributed by atoms with E-state index >= 15 is 0 Å². The third kappa shape index (κ3) is 4.68. The first kappa shape index (κ1) is 16.7. The molecule has 6 heteroatoms. The number of carbonyl (C=O) groups excluding carboxylic acids is 1. The van der Waals surface area contributed by atoms with Crippen molar-refractivity contribution in [3.63, 3.8) is 0 Å². The van der Waals surface area contributed by atoms with Crippen LogP contribution in [0.4, 0.5) is 0 Å². The molecule has 0 aromatic heterocycles. The van der Waals surface area contributed by atoms with E-state index in [0.29, 0.717) is 8.95 Å². The van der Waals surface area contributed by atoms with E-state index in [1.807, 2.05) is 31.2 Å². The standard InChI is InChI=1S/C16H14Br2N2O2/c1-10-2-4-11(5-3-10)8-15(21)20-19-9-12-6-13(17)16(22)14(18)7-12/h2-7,9,22H,8H2,1H3,(H,20,21)/b19-9+. The fourth-order valence-electron chi connectivity index (χ4n) is 1.77. The number of aryl methyl sites for hydroxylation is 1. The van der Waals surface area contributed by atoms with E-state index in [9.17, 15) is 9.90 Å². The highest BCUT2D eigenvalue weighted by molar-refractivity contribution is 9.11. The Labute approximate surface area is 145 Å². The van der Waals surface area contributed by atoms with Crippen LogP contribution in [-0.4, -0.2) is 17.2 Å². The van der Waals surface area contributed by atoms with Gasteiger partial charge in [0.2, 0.25) is 5.91 Å². The van der Waals surface area contributed by atoms with E-state index in [0.717, 1.165) is 16.7 Å². The van der Waals surface area contributed by atoms with Crippen molar-refractivity contribution in [1.82, 2.24) is 5.43 Å². The molecule has 0 spiro atoms. The third-order valence-corrected chi connectivity index (χ3v) is 4.14. The van der Waals surface area contributed by atoms with Gasteiger partial charge in [-0.25, -0.2) is 5.43 Å². The predicted molar refractivity (Wildman–Crippen MR) is 94.1 cm³/mol. The summed E-state index contributed by atoms with van der Waals surface area (Å²) in [7, 11) is 0. The van der Waals surface area contributed by atoms with Gasteiger partial charge in [-0.05, 0) is 62.0 Å². The molecule has 0 aliphatic heterocycles. The van der Waals surface area contributed by atoms with Crippen LogP contribution in [0.1, 0.15) is 16.7 Å². The average Bonchev–Trinajstić information content (AvgIpc) is 2.47. The normalized spacial score (nSPS) is 10.9. The van der Waals surface area contributed by atoms with Gasteiger partial charge in [0.05, 0.1) is 21.6 Å². The van der Waals surface area contributed by atoms with Gasteiger partial charge in [-0.1, -0.05) is 29.8 Å². The molecular formula is C16H14Br2N2O2. The van der Waals surface area contributed by atoms with Gasteiger partial charge in [-0.15, -0.1) is 0 Å². The summed E-state index contributed by atoms with van der Waals surface area (Å²) in [4.78, 5) is 11.8. The van der Waals surface area contributed by atoms with Crippen molar-refractivity contribution in [2.75, 3.05) is 0 Å². The first-order valence-corrected chi connectivity index (χ1v) is 8.10. The van der Waals surface area contributed by atoms with Crippen molar-refractivity contribution < 1.29 is 9.90 Å². The summed E-state index contributed by atoms with van der Waals surface area (Å²) in [5.74, 6) is -0.0578. The van der Waals surface area contributed by atoms with Gasteiger partial charge < -0.3 is 5.11 Å². The van der Waals surface area contributed by atoms with Crippen LogP contribution in [0.5, 0.6) is 5.75 Å². The lowest BCUT2D eigenvalue weighted by molar-refractivity contribution is -0.120. The molecule has 2 rings (SSSR count). The van der Waals surface area contributed by atoms with E-state index in [1.165, 1.54) is 6.21 Å². The highest BCUT2D eigenvalue weighted by Crippen LogP contribution is 2.32. The van der Waals surface area contributed by atoms with Crippen molar-refractivity contribution in [2.24, 2.45) is 5.10 Å². The van der Waals surface area contributed by atoms with Gasteiger partial charge in [-0.2, -0.15) is 5.10 Å². The molecule has 0 atom stereocenters. The smallest absolute Gasteiger partial charge is 0.244 e. The van der Waals surface area contributed by atoms with Gasteiger partial charge in [0.1, 0.15) is 5.75 Å². The minimum absolute atomic E-state index is 0.126. The third-order valence-electron chi connectivity index (χ3n) is 2.93. The van der Waals surface area contributed by atoms with Crippen LogP contribution in [0.3, 0.4) is 0 Å². The summed E-state index contributed by atoms with van der Waals surface area (Å²) in [5.41, 5.74) is 5.32. The Hall–Kier alpha value is -1.66. The number of benzene rings is 2. The van der Waals surface area contributed by atoms with Crippen LogP contribution in [0.2, 0.25) is 0 Å². The molecule has 0 unspecified atom stereocenters. The molecule has 2 N–H and O–H groups in total. The quantitative estimate of drug-likeness (QED) is 0.576. The minimum Gasteiger partial charge on any atom is -0.506 e. The Bertz CT molecular complexity index is 690. The molecule has 0 aliphatic rings. The Kier molecular flexibility index (Phi) is 5.74. The van der Waals surface area contributed by atoms with Crippen LogP contribution in [-0.2, 0) is 11.2 Å². The Balaban J connectivity index is 1.94. The first-order chi connectivity index (χ1) is 10.5. The fraction of sp³-hybridized carbons (Fsp3) is 0.125. The number of amides is 1. The highest BCUT2D eigenvalue weighted by atomic mass is 79.9. The van der Waals surface area contributed by atoms with Gasteiger partial charge in [0, 0.05) is 0 Å². The lowest BCUT2D eigenvalue weighted by Crippen LogP contribution is -2.19. The minimum atomic E-state index is -0.183. The molecule has 0 saturated heterocycles. The predicted octanol–water partition coefficient (Wildman–Crippen LogP) is 3.92. The summed E-state index contributed by atoms with van der Waals surface area (Å²) in [6.07, 6.45) is 1.79. The largest absolute Gasteiger partial charge is 0.506 e. The number of nitrogens with one attached hydrogen (secondary N) is 1. The average molecular weight is 426 g/mol. The van der Waals surface area contributed by atoms with Crippen molar-refractivity contribution in [3.8, 4) is 5.75 Å². The van der Waals surface area contributed by atoms with Gasteiger partial charge in [0.25, 0.3) is 0 Å². The van der Waals surface area contributed by atoms with E-state index in [1.54, 1.807) is 12.1 Å². The fourth-order valence-corrected chi connectivity index (χ4v) is 2.99. The number of aromatic hydroxyl groups is 1. The van der Waals surface area contributed by atoms with Crippen LogP contribution >= 0.6 is 31.9 Å². The second kappa shape index (κ2) is 7.56. The van der Waals surface area contributed by atoms with Crippen molar-refractivity contribution in [1.29, 1.82) is 0 Å². The number of hydrogen-bond donors (Lipinski definition) is 2. The zero-order chi connectivity index (χ0) is 16.1. The Morgan fingerprint density at radius 2 is 1.82 bits per heavy atom. The van der Waals surface area contributed by atoms with E-state index in [-0.39, 0.29) is 18.1 Å². The maximum atomic E-state index is 11.8. The lowest BCUT2D eigenvalue weighted by Gasteiger charge is -2.03. The van der Waals surface area contributed by atoms with E-state index < -0.39 is 0 Å². The molecule has 4 nitrogen and oxygen atoms in total. The number of rotatable bonds is 4. The second-order valence-corrected chi connectivity index (χ2v) is 6.50. The van der Waals surface area contributed by atoms with Crippen molar-refractivity contribution in [2.45, 2.75) is 13.3 Å². The number of hydrogen-bond acceptors (Lipinski definition) is 3. The molecule has 0 radical (unpaired) electrons. The lowest BCUT2D eigenvalue weighted by atomic mass is 10.1. The summed E-state index contributed by atoms with van der Waals surface area (Å²) >= 11 is 6.48. The maximum absolute atomic E-state index is 11.8. The topological polar surface area (TPSA) is 61.7 Å². The monoisotopic (exact) mass is 424 g/mol. The van der Waals surface area contributed by atoms with E-state index in [4.69, 9.17) is 0 Å². The molecule has 2 aromatic rings. The zero-order valence-electron chi connectivity index (χ0n) is 11.8. The van der Waals surface area contributed by atoms with Crippen molar-refractivity contribution in [3.05, 3.63) is 62.0 Å². The number of carbonyl (C=O) groups is 1. The highest BCUT2D eigenvalue weighted by Gasteiger charge is 2.05. The molecule has 0 fully saturated rings. The maximum Gasteiger partial charge on any atom is 0.244 e. The molecular weight excluding hydrogens is 412 g/mol. The number of phenolic OH excluding ortho intramolecular Hbond substituents is 1. The van der Waals surface area contributed by atoms with Crippen LogP contribution in [0.25, 0.3) is 0 Å². The molecule has 0 bridgehead atoms. The van der Waals surface area contributed by atoms with Gasteiger partial charge in [-0.3, -0.25) is 4.79 Å². The number of phenols is 1. The SMILES string of the molecule is Cc1ccc(CC(=O)N/N=C/c2cc(Br)c(O)c(Br)c2)cc1. The summed E-state index contributed by atoms with van der Waals surface area (Å²) in [6, 6.07) is 11.2. The number of halogens is 2. The van der Waals surface area contributed by atoms with Crippen molar-refractivity contribution >= 4 is 44.0 Å². The Morgan fingerprint density at radius 3 is 2.41 bits per heavy atom. The molecule has 22 heavy (non-hydrogen) atoms. The molecule has 0 saturated carbocycles. The second-order valence-electron chi connectivity index (χ2n) is 4.79. The number of nitrogens with zero attached hydrogens (tertiary/aromatic N) is 1. The zero-order valence-corrected chi connectivity index (χ0v) is 15.0. The first-order valence-electron chi connectivity index (χ1n) is 6.51. The Morgan fingerprint density at radius 1 is 1.23 bits per heavy atom. The molecule has 1 amide bonds. The molecule has 0 heterocycles. The molecule has 2 aromatic carbocycles. The van der Waals surface area contributed by atoms with Gasteiger partial charge in [0.15, 0.2) is 0 Å². The summed E-state index contributed by atoms with van der Waals surface area (Å²) in [6.45, 7) is 2.00. The van der Waals surface area contributed by atoms with Crippen LogP contribution < -0.4 is 5.43 Å². The molecule has 0 aliphatic carbocycles.